The lowest BCUT2D eigenvalue weighted by Gasteiger charge is -2.16. The summed E-state index contributed by atoms with van der Waals surface area (Å²) in [6.07, 6.45) is 0.252. The van der Waals surface area contributed by atoms with Gasteiger partial charge in [-0.3, -0.25) is 0 Å². The predicted octanol–water partition coefficient (Wildman–Crippen LogP) is 1.30. The summed E-state index contributed by atoms with van der Waals surface area (Å²) in [5.41, 5.74) is 0. The van der Waals surface area contributed by atoms with Gasteiger partial charge in [-0.25, -0.2) is 4.79 Å². The van der Waals surface area contributed by atoms with Crippen molar-refractivity contribution in [2.75, 3.05) is 6.61 Å². The van der Waals surface area contributed by atoms with E-state index in [9.17, 15) is 4.79 Å². The molecular formula is C4H5IO3. The second-order valence-electron chi connectivity index (χ2n) is 1.42. The molecule has 1 atom stereocenters. The Morgan fingerprint density at radius 3 is 2.88 bits per heavy atom. The molecule has 0 aromatic rings. The molecule has 1 aliphatic heterocycles. The van der Waals surface area contributed by atoms with Gasteiger partial charge in [0, 0.05) is 6.42 Å². The molecule has 46 valence electrons. The Morgan fingerprint density at radius 1 is 1.75 bits per heavy atom. The minimum atomic E-state index is -0.546. The van der Waals surface area contributed by atoms with Gasteiger partial charge in [-0.05, 0) is 22.6 Å². The van der Waals surface area contributed by atoms with Crippen LogP contribution in [0.25, 0.3) is 0 Å². The van der Waals surface area contributed by atoms with E-state index in [1.807, 2.05) is 22.6 Å². The molecule has 1 unspecified atom stereocenters. The van der Waals surface area contributed by atoms with Crippen LogP contribution in [0, 0.1) is 0 Å². The first-order valence-electron chi connectivity index (χ1n) is 2.26. The Bertz CT molecular complexity index is 103. The lowest BCUT2D eigenvalue weighted by atomic mass is 10.5. The molecule has 1 heterocycles. The van der Waals surface area contributed by atoms with Crippen LogP contribution in [0.3, 0.4) is 0 Å². The van der Waals surface area contributed by atoms with E-state index in [-0.39, 0.29) is 4.11 Å². The zero-order valence-corrected chi connectivity index (χ0v) is 6.25. The van der Waals surface area contributed by atoms with Gasteiger partial charge in [0.05, 0.1) is 6.61 Å². The molecule has 0 aromatic carbocycles. The molecule has 3 nitrogen and oxygen atoms in total. The van der Waals surface area contributed by atoms with E-state index < -0.39 is 6.16 Å². The van der Waals surface area contributed by atoms with Crippen LogP contribution in [-0.4, -0.2) is 16.9 Å². The van der Waals surface area contributed by atoms with Gasteiger partial charge in [-0.15, -0.1) is 0 Å². The van der Waals surface area contributed by atoms with Crippen LogP contribution in [0.2, 0.25) is 0 Å². The van der Waals surface area contributed by atoms with Crippen molar-refractivity contribution in [1.82, 2.24) is 0 Å². The molecule has 8 heavy (non-hydrogen) atoms. The smallest absolute Gasteiger partial charge is 0.434 e. The highest BCUT2D eigenvalue weighted by Crippen LogP contribution is 2.13. The molecule has 0 aliphatic carbocycles. The van der Waals surface area contributed by atoms with Crippen LogP contribution < -0.4 is 0 Å². The predicted molar refractivity (Wildman–Crippen MR) is 34.9 cm³/mol. The summed E-state index contributed by atoms with van der Waals surface area (Å²) >= 11 is 2.05. The number of hydrogen-bond acceptors (Lipinski definition) is 3. The zero-order chi connectivity index (χ0) is 5.98. The van der Waals surface area contributed by atoms with Crippen LogP contribution in [-0.2, 0) is 9.47 Å². The lowest BCUT2D eigenvalue weighted by Crippen LogP contribution is -2.22. The number of halogens is 1. The van der Waals surface area contributed by atoms with Gasteiger partial charge < -0.3 is 9.47 Å². The van der Waals surface area contributed by atoms with E-state index in [0.29, 0.717) is 6.61 Å². The summed E-state index contributed by atoms with van der Waals surface area (Å²) in [5.74, 6) is 0. The maximum Gasteiger partial charge on any atom is 0.509 e. The number of cyclic esters (lactones) is 2. The molecule has 1 rings (SSSR count). The highest BCUT2D eigenvalue weighted by Gasteiger charge is 2.17. The lowest BCUT2D eigenvalue weighted by molar-refractivity contribution is 0.0128. The van der Waals surface area contributed by atoms with Crippen LogP contribution in [0.1, 0.15) is 6.42 Å². The van der Waals surface area contributed by atoms with E-state index in [4.69, 9.17) is 0 Å². The van der Waals surface area contributed by atoms with Gasteiger partial charge in [-0.1, -0.05) is 0 Å². The number of alkyl halides is 1. The van der Waals surface area contributed by atoms with E-state index >= 15 is 0 Å². The summed E-state index contributed by atoms with van der Waals surface area (Å²) in [5, 5.41) is 0. The quantitative estimate of drug-likeness (QED) is 0.356. The van der Waals surface area contributed by atoms with Gasteiger partial charge in [0.25, 0.3) is 0 Å². The van der Waals surface area contributed by atoms with E-state index in [2.05, 4.69) is 9.47 Å². The van der Waals surface area contributed by atoms with Gasteiger partial charge >= 0.3 is 6.16 Å². The van der Waals surface area contributed by atoms with Crippen LogP contribution in [0.15, 0.2) is 0 Å². The number of hydrogen-bond donors (Lipinski definition) is 0. The monoisotopic (exact) mass is 228 g/mol. The van der Waals surface area contributed by atoms with Gasteiger partial charge in [0.15, 0.2) is 4.11 Å². The second kappa shape index (κ2) is 2.52. The van der Waals surface area contributed by atoms with Crippen molar-refractivity contribution in [3.05, 3.63) is 0 Å². The van der Waals surface area contributed by atoms with E-state index in [0.717, 1.165) is 6.42 Å². The van der Waals surface area contributed by atoms with Gasteiger partial charge in [-0.2, -0.15) is 0 Å². The maximum atomic E-state index is 10.2. The number of ether oxygens (including phenoxy) is 2. The summed E-state index contributed by atoms with van der Waals surface area (Å²) in [6.45, 7) is 0.492. The molecule has 0 aromatic heterocycles. The molecule has 0 saturated carbocycles. The Hall–Kier alpha value is -0.0000000000000000555. The van der Waals surface area contributed by atoms with Crippen molar-refractivity contribution in [2.24, 2.45) is 0 Å². The third-order valence-electron chi connectivity index (χ3n) is 0.789. The van der Waals surface area contributed by atoms with Gasteiger partial charge in [0.2, 0.25) is 0 Å². The molecule has 0 bridgehead atoms. The highest BCUT2D eigenvalue weighted by atomic mass is 127. The fourth-order valence-corrected chi connectivity index (χ4v) is 0.894. The average molecular weight is 228 g/mol. The highest BCUT2D eigenvalue weighted by molar-refractivity contribution is 14.1. The average Bonchev–Trinajstić information content (AvgIpc) is 1.64. The summed E-state index contributed by atoms with van der Waals surface area (Å²) < 4.78 is 9.10. The molecule has 0 N–H and O–H groups in total. The third-order valence-corrected chi connectivity index (χ3v) is 1.67. The summed E-state index contributed by atoms with van der Waals surface area (Å²) in [4.78, 5) is 10.2. The minimum absolute atomic E-state index is 0.00819. The van der Waals surface area contributed by atoms with Crippen molar-refractivity contribution in [1.29, 1.82) is 0 Å². The van der Waals surface area contributed by atoms with E-state index in [1.54, 1.807) is 0 Å². The molecule has 0 spiro atoms. The normalized spacial score (nSPS) is 28.6. The fourth-order valence-electron chi connectivity index (χ4n) is 0.432. The zero-order valence-electron chi connectivity index (χ0n) is 4.09. The molecule has 4 heteroatoms. The van der Waals surface area contributed by atoms with Crippen LogP contribution >= 0.6 is 22.6 Å². The van der Waals surface area contributed by atoms with Crippen LogP contribution in [0.5, 0.6) is 0 Å². The molecule has 1 saturated heterocycles. The molecule has 1 fully saturated rings. The first-order chi connectivity index (χ1) is 3.79. The topological polar surface area (TPSA) is 35.5 Å². The Balaban J connectivity index is 2.34. The maximum absolute atomic E-state index is 10.2. The molecule has 0 amide bonds. The summed E-state index contributed by atoms with van der Waals surface area (Å²) in [7, 11) is 0. The van der Waals surface area contributed by atoms with Gasteiger partial charge in [0.1, 0.15) is 0 Å². The Morgan fingerprint density at radius 2 is 2.50 bits per heavy atom. The Kier molecular flexibility index (Phi) is 1.93. The van der Waals surface area contributed by atoms with Crippen molar-refractivity contribution in [2.45, 2.75) is 10.5 Å². The van der Waals surface area contributed by atoms with E-state index in [1.165, 1.54) is 0 Å². The number of carbonyl (C=O) groups is 1. The first-order valence-corrected chi connectivity index (χ1v) is 3.51. The number of rotatable bonds is 0. The second-order valence-corrected chi connectivity index (χ2v) is 2.80. The Labute approximate surface area is 60.5 Å². The fraction of sp³-hybridized carbons (Fsp3) is 0.750. The largest absolute Gasteiger partial charge is 0.509 e. The van der Waals surface area contributed by atoms with Crippen molar-refractivity contribution >= 4 is 28.7 Å². The van der Waals surface area contributed by atoms with Crippen LogP contribution in [0.4, 0.5) is 4.79 Å². The summed E-state index contributed by atoms with van der Waals surface area (Å²) in [6, 6.07) is 0. The third kappa shape index (κ3) is 1.50. The van der Waals surface area contributed by atoms with Crippen molar-refractivity contribution in [3.8, 4) is 0 Å². The molecular weight excluding hydrogens is 223 g/mol. The minimum Gasteiger partial charge on any atom is -0.434 e. The molecule has 1 aliphatic rings. The SMILES string of the molecule is O=C1OCCC(I)O1. The van der Waals surface area contributed by atoms with Crippen molar-refractivity contribution < 1.29 is 14.3 Å². The first kappa shape index (κ1) is 6.12. The van der Waals surface area contributed by atoms with Crippen molar-refractivity contribution in [3.63, 3.8) is 0 Å². The molecule has 0 radical (unpaired) electrons. The number of carbonyl (C=O) groups excluding carboxylic acids is 1. The standard InChI is InChI=1S/C4H5IO3/c5-3-1-2-7-4(6)8-3/h3H,1-2H2.